The highest BCUT2D eigenvalue weighted by molar-refractivity contribution is 5.34. The van der Waals surface area contributed by atoms with Crippen molar-refractivity contribution >= 4 is 5.95 Å². The summed E-state index contributed by atoms with van der Waals surface area (Å²) in [6.45, 7) is 3.68. The van der Waals surface area contributed by atoms with E-state index in [-0.39, 0.29) is 6.10 Å². The first-order chi connectivity index (χ1) is 10.3. The van der Waals surface area contributed by atoms with Crippen LogP contribution in [0.1, 0.15) is 12.0 Å². The molecule has 1 saturated heterocycles. The highest BCUT2D eigenvalue weighted by Gasteiger charge is 2.26. The molecule has 1 atom stereocenters. The van der Waals surface area contributed by atoms with Crippen molar-refractivity contribution in [3.05, 3.63) is 36.4 Å². The number of nitrogens with zero attached hydrogens (tertiary/aromatic N) is 4. The molecule has 0 N–H and O–H groups in total. The van der Waals surface area contributed by atoms with Crippen molar-refractivity contribution in [3.63, 3.8) is 0 Å². The molecule has 21 heavy (non-hydrogen) atoms. The molecule has 3 heterocycles. The number of ether oxygens (including phenoxy) is 2. The Morgan fingerprint density at radius 1 is 1.24 bits per heavy atom. The minimum atomic E-state index is 0.150. The van der Waals surface area contributed by atoms with Crippen LogP contribution in [0.2, 0.25) is 0 Å². The zero-order chi connectivity index (χ0) is 14.7. The molecule has 0 aliphatic carbocycles. The van der Waals surface area contributed by atoms with Gasteiger partial charge in [0.05, 0.1) is 26.0 Å². The molecule has 0 spiro atoms. The van der Waals surface area contributed by atoms with Crippen molar-refractivity contribution < 1.29 is 9.47 Å². The van der Waals surface area contributed by atoms with Gasteiger partial charge in [0.1, 0.15) is 11.9 Å². The summed E-state index contributed by atoms with van der Waals surface area (Å²) in [4.78, 5) is 14.8. The second-order valence-corrected chi connectivity index (χ2v) is 5.04. The molecule has 1 aliphatic rings. The number of rotatable bonds is 4. The summed E-state index contributed by atoms with van der Waals surface area (Å²) in [7, 11) is 1.61. The van der Waals surface area contributed by atoms with Crippen molar-refractivity contribution in [2.24, 2.45) is 0 Å². The molecular weight excluding hydrogens is 268 g/mol. The van der Waals surface area contributed by atoms with Gasteiger partial charge in [0.15, 0.2) is 5.75 Å². The third kappa shape index (κ3) is 3.04. The number of pyridine rings is 1. The number of methoxy groups -OCH3 is 1. The summed E-state index contributed by atoms with van der Waals surface area (Å²) in [6.07, 6.45) is 8.04. The summed E-state index contributed by atoms with van der Waals surface area (Å²) in [5, 5.41) is 0. The lowest BCUT2D eigenvalue weighted by Crippen LogP contribution is -2.26. The topological polar surface area (TPSA) is 60.4 Å². The van der Waals surface area contributed by atoms with Gasteiger partial charge >= 0.3 is 0 Å². The molecule has 6 heteroatoms. The lowest BCUT2D eigenvalue weighted by atomic mass is 10.2. The maximum atomic E-state index is 6.04. The van der Waals surface area contributed by atoms with Crippen molar-refractivity contribution in [2.45, 2.75) is 19.4 Å². The molecule has 0 saturated carbocycles. The molecule has 3 rings (SSSR count). The maximum absolute atomic E-state index is 6.04. The Bertz CT molecular complexity index is 603. The van der Waals surface area contributed by atoms with Crippen molar-refractivity contribution in [2.75, 3.05) is 25.1 Å². The first-order valence-electron chi connectivity index (χ1n) is 6.94. The monoisotopic (exact) mass is 286 g/mol. The minimum Gasteiger partial charge on any atom is -0.494 e. The summed E-state index contributed by atoms with van der Waals surface area (Å²) in [5.74, 6) is 2.28. The van der Waals surface area contributed by atoms with Crippen LogP contribution in [0.25, 0.3) is 0 Å². The molecule has 0 amide bonds. The van der Waals surface area contributed by atoms with E-state index >= 15 is 0 Å². The van der Waals surface area contributed by atoms with Gasteiger partial charge in [0.25, 0.3) is 0 Å². The van der Waals surface area contributed by atoms with Gasteiger partial charge in [-0.1, -0.05) is 0 Å². The molecule has 0 aromatic carbocycles. The largest absolute Gasteiger partial charge is 0.494 e. The summed E-state index contributed by atoms with van der Waals surface area (Å²) >= 11 is 0. The van der Waals surface area contributed by atoms with Crippen LogP contribution in [-0.2, 0) is 0 Å². The molecular formula is C15H18N4O2. The Morgan fingerprint density at radius 2 is 2.05 bits per heavy atom. The fourth-order valence-corrected chi connectivity index (χ4v) is 2.36. The highest BCUT2D eigenvalue weighted by Crippen LogP contribution is 2.23. The van der Waals surface area contributed by atoms with Gasteiger partial charge in [-0.25, -0.2) is 9.97 Å². The van der Waals surface area contributed by atoms with Crippen LogP contribution in [0.5, 0.6) is 11.5 Å². The van der Waals surface area contributed by atoms with Crippen LogP contribution >= 0.6 is 0 Å². The Hall–Kier alpha value is -2.37. The lowest BCUT2D eigenvalue weighted by Gasteiger charge is -2.17. The van der Waals surface area contributed by atoms with Crippen molar-refractivity contribution in [1.82, 2.24) is 15.0 Å². The summed E-state index contributed by atoms with van der Waals surface area (Å²) in [6, 6.07) is 1.90. The molecule has 6 nitrogen and oxygen atoms in total. The van der Waals surface area contributed by atoms with E-state index in [1.54, 1.807) is 25.7 Å². The smallest absolute Gasteiger partial charge is 0.225 e. The molecule has 1 unspecified atom stereocenters. The van der Waals surface area contributed by atoms with Crippen LogP contribution in [0.3, 0.4) is 0 Å². The van der Waals surface area contributed by atoms with E-state index in [2.05, 4.69) is 19.9 Å². The van der Waals surface area contributed by atoms with E-state index < -0.39 is 0 Å². The average molecular weight is 286 g/mol. The normalized spacial score (nSPS) is 17.8. The fraction of sp³-hybridized carbons (Fsp3) is 0.400. The molecule has 0 radical (unpaired) electrons. The van der Waals surface area contributed by atoms with Crippen molar-refractivity contribution in [3.8, 4) is 11.5 Å². The zero-order valence-electron chi connectivity index (χ0n) is 12.2. The maximum Gasteiger partial charge on any atom is 0.225 e. The first kappa shape index (κ1) is 13.6. The van der Waals surface area contributed by atoms with E-state index in [0.717, 1.165) is 30.8 Å². The van der Waals surface area contributed by atoms with Gasteiger partial charge in [0.2, 0.25) is 5.95 Å². The van der Waals surface area contributed by atoms with E-state index in [0.29, 0.717) is 11.7 Å². The Labute approximate surface area is 123 Å². The predicted molar refractivity (Wildman–Crippen MR) is 78.8 cm³/mol. The lowest BCUT2D eigenvalue weighted by molar-refractivity contribution is 0.223. The standard InChI is InChI=1S/C15H18N4O2/c1-11-7-16-5-3-14(11)21-12-4-6-19(10-12)15-17-8-13(20-2)9-18-15/h3,5,7-9,12H,4,6,10H2,1-2H3. The summed E-state index contributed by atoms with van der Waals surface area (Å²) in [5.41, 5.74) is 1.05. The van der Waals surface area contributed by atoms with Crippen molar-refractivity contribution in [1.29, 1.82) is 0 Å². The van der Waals surface area contributed by atoms with Gasteiger partial charge in [0, 0.05) is 30.9 Å². The number of hydrogen-bond acceptors (Lipinski definition) is 6. The van der Waals surface area contributed by atoms with Crippen LogP contribution in [0.15, 0.2) is 30.9 Å². The number of aryl methyl sites for hydroxylation is 1. The van der Waals surface area contributed by atoms with E-state index in [9.17, 15) is 0 Å². The van der Waals surface area contributed by atoms with E-state index in [1.165, 1.54) is 0 Å². The van der Waals surface area contributed by atoms with Gasteiger partial charge in [-0.15, -0.1) is 0 Å². The average Bonchev–Trinajstić information content (AvgIpc) is 2.98. The SMILES string of the molecule is COc1cnc(N2CCC(Oc3ccncc3C)C2)nc1. The highest BCUT2D eigenvalue weighted by atomic mass is 16.5. The van der Waals surface area contributed by atoms with Crippen LogP contribution in [-0.4, -0.2) is 41.3 Å². The van der Waals surface area contributed by atoms with Gasteiger partial charge in [-0.05, 0) is 13.0 Å². The van der Waals surface area contributed by atoms with Gasteiger partial charge in [-0.3, -0.25) is 4.98 Å². The molecule has 2 aromatic heterocycles. The molecule has 2 aromatic rings. The summed E-state index contributed by atoms with van der Waals surface area (Å²) < 4.78 is 11.1. The molecule has 1 aliphatic heterocycles. The van der Waals surface area contributed by atoms with Crippen LogP contribution < -0.4 is 14.4 Å². The number of anilines is 1. The third-order valence-electron chi connectivity index (χ3n) is 3.54. The Balaban J connectivity index is 1.63. The third-order valence-corrected chi connectivity index (χ3v) is 3.54. The second kappa shape index (κ2) is 5.95. The second-order valence-electron chi connectivity index (χ2n) is 5.04. The zero-order valence-corrected chi connectivity index (χ0v) is 12.2. The Kier molecular flexibility index (Phi) is 3.85. The predicted octanol–water partition coefficient (Wildman–Crippen LogP) is 1.85. The number of aromatic nitrogens is 3. The molecule has 110 valence electrons. The van der Waals surface area contributed by atoms with Crippen LogP contribution in [0.4, 0.5) is 5.95 Å². The fourth-order valence-electron chi connectivity index (χ4n) is 2.36. The van der Waals surface area contributed by atoms with Crippen LogP contribution in [0, 0.1) is 6.92 Å². The molecule has 1 fully saturated rings. The van der Waals surface area contributed by atoms with E-state index in [1.807, 2.05) is 19.2 Å². The van der Waals surface area contributed by atoms with Gasteiger partial charge in [-0.2, -0.15) is 0 Å². The number of hydrogen-bond donors (Lipinski definition) is 0. The Morgan fingerprint density at radius 3 is 2.76 bits per heavy atom. The van der Waals surface area contributed by atoms with E-state index in [4.69, 9.17) is 9.47 Å². The van der Waals surface area contributed by atoms with Gasteiger partial charge < -0.3 is 14.4 Å². The molecule has 0 bridgehead atoms. The first-order valence-corrected chi connectivity index (χ1v) is 6.94. The minimum absolute atomic E-state index is 0.150. The quantitative estimate of drug-likeness (QED) is 0.855.